The fourth-order valence-electron chi connectivity index (χ4n) is 3.34. The molecule has 0 aliphatic carbocycles. The molecule has 2 amide bonds. The maximum Gasteiger partial charge on any atom is 0.271 e. The summed E-state index contributed by atoms with van der Waals surface area (Å²) in [4.78, 5) is 42.6. The number of hydrogen-bond donors (Lipinski definition) is 1. The Hall–Kier alpha value is -3.69. The van der Waals surface area contributed by atoms with Crippen molar-refractivity contribution in [2.24, 2.45) is 4.99 Å². The number of benzene rings is 3. The molecule has 0 aromatic heterocycles. The summed E-state index contributed by atoms with van der Waals surface area (Å²) in [5, 5.41) is 13.6. The molecule has 1 saturated heterocycles. The van der Waals surface area contributed by atoms with Gasteiger partial charge in [0, 0.05) is 18.6 Å². The molecule has 0 bridgehead atoms. The van der Waals surface area contributed by atoms with Crippen molar-refractivity contribution >= 4 is 57.4 Å². The van der Waals surface area contributed by atoms with E-state index in [2.05, 4.69) is 10.3 Å². The lowest BCUT2D eigenvalue weighted by Crippen LogP contribution is -2.33. The van der Waals surface area contributed by atoms with Crippen molar-refractivity contribution in [2.45, 2.75) is 18.2 Å². The third kappa shape index (κ3) is 5.62. The van der Waals surface area contributed by atoms with Crippen LogP contribution in [0.5, 0.6) is 0 Å². The summed E-state index contributed by atoms with van der Waals surface area (Å²) in [6.07, 6.45) is -0.137. The normalized spacial score (nSPS) is 16.6. The van der Waals surface area contributed by atoms with Crippen LogP contribution in [0.3, 0.4) is 0 Å². The SMILES string of the molecule is O=C(C[C@H]1SC(=Nc2ccccc2)N(Cc2ccccc2)C1=O)Nc1cc([N+](=O)[O-])ccc1Cl. The lowest BCUT2D eigenvalue weighted by molar-refractivity contribution is -0.384. The minimum absolute atomic E-state index is 0.121. The molecular formula is C24H19ClN4O4S. The van der Waals surface area contributed by atoms with E-state index < -0.39 is 16.1 Å². The summed E-state index contributed by atoms with van der Waals surface area (Å²) in [5.41, 5.74) is 1.56. The van der Waals surface area contributed by atoms with Gasteiger partial charge in [-0.05, 0) is 23.8 Å². The Labute approximate surface area is 204 Å². The van der Waals surface area contributed by atoms with Gasteiger partial charge in [-0.1, -0.05) is 71.9 Å². The van der Waals surface area contributed by atoms with E-state index in [0.717, 1.165) is 5.56 Å². The van der Waals surface area contributed by atoms with Crippen LogP contribution in [-0.2, 0) is 16.1 Å². The van der Waals surface area contributed by atoms with Gasteiger partial charge in [0.2, 0.25) is 11.8 Å². The highest BCUT2D eigenvalue weighted by Crippen LogP contribution is 2.33. The summed E-state index contributed by atoms with van der Waals surface area (Å²) >= 11 is 7.30. The van der Waals surface area contributed by atoms with E-state index in [-0.39, 0.29) is 28.7 Å². The fraction of sp³-hybridized carbons (Fsp3) is 0.125. The van der Waals surface area contributed by atoms with Crippen LogP contribution in [0.25, 0.3) is 0 Å². The number of carbonyl (C=O) groups is 2. The Morgan fingerprint density at radius 3 is 2.44 bits per heavy atom. The van der Waals surface area contributed by atoms with Crippen LogP contribution >= 0.6 is 23.4 Å². The zero-order valence-corrected chi connectivity index (χ0v) is 19.3. The van der Waals surface area contributed by atoms with Crippen molar-refractivity contribution < 1.29 is 14.5 Å². The highest BCUT2D eigenvalue weighted by molar-refractivity contribution is 8.15. The van der Waals surface area contributed by atoms with Crippen LogP contribution in [0.2, 0.25) is 5.02 Å². The number of para-hydroxylation sites is 1. The van der Waals surface area contributed by atoms with Crippen LogP contribution in [0.15, 0.2) is 83.9 Å². The quantitative estimate of drug-likeness (QED) is 0.349. The molecule has 3 aromatic rings. The zero-order valence-electron chi connectivity index (χ0n) is 17.8. The number of hydrogen-bond acceptors (Lipinski definition) is 6. The molecule has 1 aliphatic heterocycles. The summed E-state index contributed by atoms with van der Waals surface area (Å²) in [5.74, 6) is -0.710. The molecule has 0 saturated carbocycles. The number of thioether (sulfide) groups is 1. The topological polar surface area (TPSA) is 105 Å². The zero-order chi connectivity index (χ0) is 24.1. The van der Waals surface area contributed by atoms with Crippen molar-refractivity contribution in [1.82, 2.24) is 4.90 Å². The third-order valence-electron chi connectivity index (χ3n) is 4.99. The van der Waals surface area contributed by atoms with Gasteiger partial charge in [-0.15, -0.1) is 0 Å². The third-order valence-corrected chi connectivity index (χ3v) is 6.50. The number of nitrogens with one attached hydrogen (secondary N) is 1. The average Bonchev–Trinajstić information content (AvgIpc) is 3.10. The number of amidine groups is 1. The molecule has 1 atom stereocenters. The van der Waals surface area contributed by atoms with Crippen molar-refractivity contribution in [3.63, 3.8) is 0 Å². The Morgan fingerprint density at radius 2 is 1.76 bits per heavy atom. The number of rotatable bonds is 7. The highest BCUT2D eigenvalue weighted by atomic mass is 35.5. The number of aliphatic imine (C=N–C) groups is 1. The number of nitro benzene ring substituents is 1. The maximum absolute atomic E-state index is 13.2. The molecule has 34 heavy (non-hydrogen) atoms. The maximum atomic E-state index is 13.2. The molecule has 0 unspecified atom stereocenters. The summed E-state index contributed by atoms with van der Waals surface area (Å²) in [6.45, 7) is 0.327. The molecule has 1 N–H and O–H groups in total. The first-order valence-corrected chi connectivity index (χ1v) is 11.6. The average molecular weight is 495 g/mol. The van der Waals surface area contributed by atoms with E-state index in [0.29, 0.717) is 17.4 Å². The van der Waals surface area contributed by atoms with Crippen LogP contribution in [0.1, 0.15) is 12.0 Å². The Balaban J connectivity index is 1.53. The minimum atomic E-state index is -0.691. The molecule has 172 valence electrons. The fourth-order valence-corrected chi connectivity index (χ4v) is 4.66. The van der Waals surface area contributed by atoms with E-state index in [9.17, 15) is 19.7 Å². The van der Waals surface area contributed by atoms with Crippen molar-refractivity contribution in [3.8, 4) is 0 Å². The van der Waals surface area contributed by atoms with Gasteiger partial charge in [0.1, 0.15) is 5.25 Å². The lowest BCUT2D eigenvalue weighted by Gasteiger charge is -2.16. The lowest BCUT2D eigenvalue weighted by atomic mass is 10.2. The molecule has 0 spiro atoms. The predicted octanol–water partition coefficient (Wildman–Crippen LogP) is 5.41. The molecular weight excluding hydrogens is 476 g/mol. The second-order valence-electron chi connectivity index (χ2n) is 7.42. The van der Waals surface area contributed by atoms with E-state index in [1.807, 2.05) is 60.7 Å². The van der Waals surface area contributed by atoms with Gasteiger partial charge in [-0.25, -0.2) is 4.99 Å². The minimum Gasteiger partial charge on any atom is -0.325 e. The Bertz CT molecular complexity index is 1250. The molecule has 3 aromatic carbocycles. The second-order valence-corrected chi connectivity index (χ2v) is 9.00. The number of nitro groups is 1. The number of halogens is 1. The van der Waals surface area contributed by atoms with E-state index in [1.165, 1.54) is 30.0 Å². The van der Waals surface area contributed by atoms with E-state index in [1.54, 1.807) is 4.90 Å². The monoisotopic (exact) mass is 494 g/mol. The number of amides is 2. The van der Waals surface area contributed by atoms with Gasteiger partial charge in [0.05, 0.1) is 27.9 Å². The van der Waals surface area contributed by atoms with Crippen LogP contribution < -0.4 is 5.32 Å². The second kappa shape index (κ2) is 10.5. The Morgan fingerprint density at radius 1 is 1.09 bits per heavy atom. The van der Waals surface area contributed by atoms with Gasteiger partial charge < -0.3 is 5.32 Å². The first-order chi connectivity index (χ1) is 16.4. The highest BCUT2D eigenvalue weighted by Gasteiger charge is 2.39. The van der Waals surface area contributed by atoms with Crippen LogP contribution in [0, 0.1) is 10.1 Å². The van der Waals surface area contributed by atoms with E-state index >= 15 is 0 Å². The number of non-ortho nitro benzene ring substituents is 1. The molecule has 4 rings (SSSR count). The van der Waals surface area contributed by atoms with Crippen molar-refractivity contribution in [3.05, 3.63) is 99.6 Å². The summed E-state index contributed by atoms with van der Waals surface area (Å²) in [7, 11) is 0. The molecule has 8 nitrogen and oxygen atoms in total. The van der Waals surface area contributed by atoms with Crippen molar-refractivity contribution in [1.29, 1.82) is 0 Å². The standard InChI is InChI=1S/C24H19ClN4O4S/c25-19-12-11-18(29(32)33)13-20(19)27-22(30)14-21-23(31)28(15-16-7-3-1-4-8-16)24(34-21)26-17-9-5-2-6-10-17/h1-13,21H,14-15H2,(H,27,30)/t21-/m1/s1. The summed E-state index contributed by atoms with van der Waals surface area (Å²) < 4.78 is 0. The van der Waals surface area contributed by atoms with Crippen LogP contribution in [-0.4, -0.2) is 32.1 Å². The predicted molar refractivity (Wildman–Crippen MR) is 133 cm³/mol. The first-order valence-electron chi connectivity index (χ1n) is 10.3. The van der Waals surface area contributed by atoms with Gasteiger partial charge in [0.25, 0.3) is 5.69 Å². The number of carbonyl (C=O) groups excluding carboxylic acids is 2. The van der Waals surface area contributed by atoms with Gasteiger partial charge in [-0.3, -0.25) is 24.6 Å². The van der Waals surface area contributed by atoms with Crippen molar-refractivity contribution in [2.75, 3.05) is 5.32 Å². The molecule has 1 heterocycles. The molecule has 10 heteroatoms. The largest absolute Gasteiger partial charge is 0.325 e. The number of nitrogens with zero attached hydrogens (tertiary/aromatic N) is 3. The molecule has 0 radical (unpaired) electrons. The smallest absolute Gasteiger partial charge is 0.271 e. The molecule has 1 fully saturated rings. The van der Waals surface area contributed by atoms with Crippen LogP contribution in [0.4, 0.5) is 17.1 Å². The van der Waals surface area contributed by atoms with Gasteiger partial charge in [-0.2, -0.15) is 0 Å². The first kappa shape index (κ1) is 23.5. The van der Waals surface area contributed by atoms with Gasteiger partial charge in [0.15, 0.2) is 5.17 Å². The number of anilines is 1. The summed E-state index contributed by atoms with van der Waals surface area (Å²) in [6, 6.07) is 22.6. The van der Waals surface area contributed by atoms with Gasteiger partial charge >= 0.3 is 0 Å². The Kier molecular flexibility index (Phi) is 7.24. The van der Waals surface area contributed by atoms with E-state index in [4.69, 9.17) is 11.6 Å². The molecule has 1 aliphatic rings.